The zero-order valence-corrected chi connectivity index (χ0v) is 15.3. The number of nitrogens with zero attached hydrogens (tertiary/aromatic N) is 3. The number of benzene rings is 2. The number of amides is 1. The maximum Gasteiger partial charge on any atom is 0.278 e. The van der Waals surface area contributed by atoms with Crippen LogP contribution in [0.2, 0.25) is 0 Å². The molecule has 0 bridgehead atoms. The number of aromatic nitrogens is 3. The number of aryl methyl sites for hydroxylation is 1. The van der Waals surface area contributed by atoms with Gasteiger partial charge in [-0.25, -0.2) is 4.68 Å². The SMILES string of the molecule is Cc1cccc(NC(=O)c2nnn(-c3cccc(Br)c3)c2C)c1C. The number of nitrogens with one attached hydrogen (secondary N) is 1. The number of hydrogen-bond donors (Lipinski definition) is 1. The Morgan fingerprint density at radius 2 is 1.88 bits per heavy atom. The van der Waals surface area contributed by atoms with Gasteiger partial charge in [-0.1, -0.05) is 39.3 Å². The van der Waals surface area contributed by atoms with Crippen molar-refractivity contribution < 1.29 is 4.79 Å². The van der Waals surface area contributed by atoms with E-state index in [1.807, 2.05) is 63.2 Å². The van der Waals surface area contributed by atoms with Crippen molar-refractivity contribution in [3.8, 4) is 5.69 Å². The van der Waals surface area contributed by atoms with Gasteiger partial charge in [0.2, 0.25) is 0 Å². The Kier molecular flexibility index (Phi) is 4.49. The summed E-state index contributed by atoms with van der Waals surface area (Å²) in [6.45, 7) is 5.83. The molecule has 3 aromatic rings. The van der Waals surface area contributed by atoms with Crippen LogP contribution >= 0.6 is 15.9 Å². The summed E-state index contributed by atoms with van der Waals surface area (Å²) in [4.78, 5) is 12.6. The van der Waals surface area contributed by atoms with Crippen molar-refractivity contribution in [3.05, 3.63) is 69.5 Å². The van der Waals surface area contributed by atoms with Crippen molar-refractivity contribution in [2.24, 2.45) is 0 Å². The molecule has 0 atom stereocenters. The monoisotopic (exact) mass is 384 g/mol. The molecule has 0 aliphatic carbocycles. The number of anilines is 1. The molecular weight excluding hydrogens is 368 g/mol. The highest BCUT2D eigenvalue weighted by atomic mass is 79.9. The normalized spacial score (nSPS) is 10.7. The van der Waals surface area contributed by atoms with Crippen molar-refractivity contribution in [2.45, 2.75) is 20.8 Å². The first-order chi connectivity index (χ1) is 11.5. The van der Waals surface area contributed by atoms with E-state index in [0.717, 1.165) is 27.0 Å². The predicted octanol–water partition coefficient (Wildman–Crippen LogP) is 4.21. The van der Waals surface area contributed by atoms with E-state index in [-0.39, 0.29) is 5.91 Å². The van der Waals surface area contributed by atoms with Gasteiger partial charge in [-0.15, -0.1) is 5.10 Å². The minimum absolute atomic E-state index is 0.262. The predicted molar refractivity (Wildman–Crippen MR) is 97.7 cm³/mol. The second kappa shape index (κ2) is 6.57. The van der Waals surface area contributed by atoms with E-state index in [2.05, 4.69) is 31.6 Å². The summed E-state index contributed by atoms with van der Waals surface area (Å²) in [5.41, 5.74) is 4.81. The molecule has 1 aromatic heterocycles. The highest BCUT2D eigenvalue weighted by Gasteiger charge is 2.18. The van der Waals surface area contributed by atoms with Crippen LogP contribution in [0.15, 0.2) is 46.9 Å². The molecule has 0 radical (unpaired) electrons. The molecule has 2 aromatic carbocycles. The van der Waals surface area contributed by atoms with Gasteiger partial charge >= 0.3 is 0 Å². The standard InChI is InChI=1S/C18H17BrN4O/c1-11-6-4-9-16(12(11)2)20-18(24)17-13(3)23(22-21-17)15-8-5-7-14(19)10-15/h4-10H,1-3H3,(H,20,24). The number of rotatable bonds is 3. The molecule has 0 saturated heterocycles. The quantitative estimate of drug-likeness (QED) is 0.735. The van der Waals surface area contributed by atoms with Crippen molar-refractivity contribution >= 4 is 27.5 Å². The van der Waals surface area contributed by atoms with Gasteiger partial charge in [-0.3, -0.25) is 4.79 Å². The molecular formula is C18H17BrN4O. The first kappa shape index (κ1) is 16.4. The Hall–Kier alpha value is -2.47. The van der Waals surface area contributed by atoms with E-state index in [0.29, 0.717) is 11.4 Å². The lowest BCUT2D eigenvalue weighted by Crippen LogP contribution is -2.15. The van der Waals surface area contributed by atoms with E-state index in [1.54, 1.807) is 4.68 Å². The van der Waals surface area contributed by atoms with Crippen LogP contribution in [0.1, 0.15) is 27.3 Å². The third-order valence-electron chi connectivity index (χ3n) is 4.02. The van der Waals surface area contributed by atoms with Crippen molar-refractivity contribution in [3.63, 3.8) is 0 Å². The molecule has 1 amide bonds. The fourth-order valence-electron chi connectivity index (χ4n) is 2.46. The average Bonchev–Trinajstić information content (AvgIpc) is 2.93. The second-order valence-electron chi connectivity index (χ2n) is 5.62. The molecule has 5 nitrogen and oxygen atoms in total. The largest absolute Gasteiger partial charge is 0.320 e. The Bertz CT molecular complexity index is 917. The molecule has 0 unspecified atom stereocenters. The van der Waals surface area contributed by atoms with Crippen LogP contribution in [0.5, 0.6) is 0 Å². The summed E-state index contributed by atoms with van der Waals surface area (Å²) in [5, 5.41) is 11.1. The van der Waals surface area contributed by atoms with Gasteiger partial charge in [0.25, 0.3) is 5.91 Å². The third kappa shape index (κ3) is 3.10. The Balaban J connectivity index is 1.90. The van der Waals surface area contributed by atoms with Crippen LogP contribution in [-0.4, -0.2) is 20.9 Å². The Morgan fingerprint density at radius 1 is 1.12 bits per heavy atom. The number of carbonyl (C=O) groups excluding carboxylic acids is 1. The van der Waals surface area contributed by atoms with E-state index in [1.165, 1.54) is 0 Å². The summed E-state index contributed by atoms with van der Waals surface area (Å²) < 4.78 is 2.60. The molecule has 1 N–H and O–H groups in total. The number of carbonyl (C=O) groups is 1. The van der Waals surface area contributed by atoms with Crippen molar-refractivity contribution in [1.29, 1.82) is 0 Å². The van der Waals surface area contributed by atoms with Gasteiger partial charge in [0.05, 0.1) is 11.4 Å². The maximum atomic E-state index is 12.6. The van der Waals surface area contributed by atoms with Crippen LogP contribution < -0.4 is 5.32 Å². The molecule has 3 rings (SSSR count). The highest BCUT2D eigenvalue weighted by Crippen LogP contribution is 2.20. The molecule has 0 fully saturated rings. The molecule has 0 saturated carbocycles. The number of hydrogen-bond acceptors (Lipinski definition) is 3. The Morgan fingerprint density at radius 3 is 2.62 bits per heavy atom. The smallest absolute Gasteiger partial charge is 0.278 e. The summed E-state index contributed by atoms with van der Waals surface area (Å²) in [5.74, 6) is -0.262. The van der Waals surface area contributed by atoms with Gasteiger partial charge in [-0.05, 0) is 56.2 Å². The first-order valence-electron chi connectivity index (χ1n) is 7.53. The van der Waals surface area contributed by atoms with Gasteiger partial charge in [-0.2, -0.15) is 0 Å². The van der Waals surface area contributed by atoms with E-state index in [4.69, 9.17) is 0 Å². The van der Waals surface area contributed by atoms with E-state index in [9.17, 15) is 4.79 Å². The van der Waals surface area contributed by atoms with E-state index < -0.39 is 0 Å². The van der Waals surface area contributed by atoms with Crippen LogP contribution in [0.25, 0.3) is 5.69 Å². The summed E-state index contributed by atoms with van der Waals surface area (Å²) in [6.07, 6.45) is 0. The first-order valence-corrected chi connectivity index (χ1v) is 8.32. The van der Waals surface area contributed by atoms with Gasteiger partial charge in [0.1, 0.15) is 0 Å². The summed E-state index contributed by atoms with van der Waals surface area (Å²) in [6, 6.07) is 13.5. The zero-order valence-electron chi connectivity index (χ0n) is 13.7. The topological polar surface area (TPSA) is 59.8 Å². The van der Waals surface area contributed by atoms with Gasteiger partial charge < -0.3 is 5.32 Å². The summed E-state index contributed by atoms with van der Waals surface area (Å²) >= 11 is 3.44. The van der Waals surface area contributed by atoms with Crippen LogP contribution in [0.3, 0.4) is 0 Å². The molecule has 0 aliphatic rings. The third-order valence-corrected chi connectivity index (χ3v) is 4.51. The fourth-order valence-corrected chi connectivity index (χ4v) is 2.85. The molecule has 24 heavy (non-hydrogen) atoms. The van der Waals surface area contributed by atoms with Crippen molar-refractivity contribution in [1.82, 2.24) is 15.0 Å². The minimum atomic E-state index is -0.262. The van der Waals surface area contributed by atoms with Crippen LogP contribution in [0.4, 0.5) is 5.69 Å². The molecule has 1 heterocycles. The molecule has 0 aliphatic heterocycles. The lowest BCUT2D eigenvalue weighted by molar-refractivity contribution is 0.102. The average molecular weight is 385 g/mol. The lowest BCUT2D eigenvalue weighted by Gasteiger charge is -2.09. The van der Waals surface area contributed by atoms with E-state index >= 15 is 0 Å². The highest BCUT2D eigenvalue weighted by molar-refractivity contribution is 9.10. The summed E-state index contributed by atoms with van der Waals surface area (Å²) in [7, 11) is 0. The second-order valence-corrected chi connectivity index (χ2v) is 6.53. The van der Waals surface area contributed by atoms with Crippen molar-refractivity contribution in [2.75, 3.05) is 5.32 Å². The molecule has 122 valence electrons. The number of halogens is 1. The van der Waals surface area contributed by atoms with Gasteiger partial charge in [0.15, 0.2) is 5.69 Å². The minimum Gasteiger partial charge on any atom is -0.320 e. The zero-order chi connectivity index (χ0) is 17.3. The molecule has 6 heteroatoms. The van der Waals surface area contributed by atoms with Crippen LogP contribution in [0, 0.1) is 20.8 Å². The Labute approximate surface area is 148 Å². The lowest BCUT2D eigenvalue weighted by atomic mass is 10.1. The van der Waals surface area contributed by atoms with Gasteiger partial charge in [0, 0.05) is 10.2 Å². The van der Waals surface area contributed by atoms with Crippen LogP contribution in [-0.2, 0) is 0 Å². The maximum absolute atomic E-state index is 12.6. The fraction of sp³-hybridized carbons (Fsp3) is 0.167. The molecule has 0 spiro atoms.